The van der Waals surface area contributed by atoms with Crippen molar-refractivity contribution in [2.24, 2.45) is 15.8 Å². The summed E-state index contributed by atoms with van der Waals surface area (Å²) in [4.78, 5) is 9.21. The van der Waals surface area contributed by atoms with Crippen molar-refractivity contribution < 1.29 is 0 Å². The van der Waals surface area contributed by atoms with Crippen molar-refractivity contribution >= 4 is 5.96 Å². The Balaban J connectivity index is 1.84. The van der Waals surface area contributed by atoms with Gasteiger partial charge >= 0.3 is 0 Å². The first-order valence-electron chi connectivity index (χ1n) is 7.96. The number of hydrogen-bond acceptors (Lipinski definition) is 2. The number of rotatable bonds is 4. The summed E-state index contributed by atoms with van der Waals surface area (Å²) in [5.74, 6) is 1.10. The Morgan fingerprint density at radius 1 is 1.30 bits per heavy atom. The summed E-state index contributed by atoms with van der Waals surface area (Å²) in [5, 5.41) is 3.59. The van der Waals surface area contributed by atoms with Gasteiger partial charge in [-0.25, -0.2) is 0 Å². The summed E-state index contributed by atoms with van der Waals surface area (Å²) < 4.78 is 0. The average molecular weight is 280 g/mol. The summed E-state index contributed by atoms with van der Waals surface area (Å²) in [6, 6.07) is 0. The molecule has 2 rings (SSSR count). The van der Waals surface area contributed by atoms with Gasteiger partial charge in [0, 0.05) is 33.2 Å². The van der Waals surface area contributed by atoms with E-state index in [-0.39, 0.29) is 5.41 Å². The van der Waals surface area contributed by atoms with E-state index in [1.165, 1.54) is 38.8 Å². The largest absolute Gasteiger partial charge is 0.356 e. The summed E-state index contributed by atoms with van der Waals surface area (Å²) in [7, 11) is 6.18. The lowest BCUT2D eigenvalue weighted by molar-refractivity contribution is 0.151. The number of aliphatic imine (C=N–C) groups is 1. The first kappa shape index (κ1) is 15.6. The highest BCUT2D eigenvalue weighted by molar-refractivity contribution is 5.80. The van der Waals surface area contributed by atoms with Crippen LogP contribution in [0, 0.1) is 10.8 Å². The molecule has 2 fully saturated rings. The third kappa shape index (κ3) is 3.66. The van der Waals surface area contributed by atoms with E-state index in [9.17, 15) is 0 Å². The highest BCUT2D eigenvalue weighted by Crippen LogP contribution is 2.47. The van der Waals surface area contributed by atoms with Crippen LogP contribution in [-0.4, -0.2) is 63.1 Å². The molecule has 0 bridgehead atoms. The van der Waals surface area contributed by atoms with Gasteiger partial charge in [-0.3, -0.25) is 4.99 Å². The molecule has 4 nitrogen and oxygen atoms in total. The summed E-state index contributed by atoms with van der Waals surface area (Å²) in [5.41, 5.74) is 0.893. The quantitative estimate of drug-likeness (QED) is 0.631. The Labute approximate surface area is 124 Å². The van der Waals surface area contributed by atoms with E-state index in [0.717, 1.165) is 19.0 Å². The molecule has 116 valence electrons. The second kappa shape index (κ2) is 5.92. The molecule has 1 saturated heterocycles. The molecular weight excluding hydrogens is 248 g/mol. The fraction of sp³-hybridized carbons (Fsp3) is 0.938. The Bertz CT molecular complexity index is 355. The molecule has 0 aromatic rings. The lowest BCUT2D eigenvalue weighted by atomic mass is 9.68. The number of guanidine groups is 1. The molecule has 0 unspecified atom stereocenters. The molecule has 1 saturated carbocycles. The predicted molar refractivity (Wildman–Crippen MR) is 86.2 cm³/mol. The zero-order valence-electron chi connectivity index (χ0n) is 14.0. The van der Waals surface area contributed by atoms with Gasteiger partial charge < -0.3 is 15.1 Å². The summed E-state index contributed by atoms with van der Waals surface area (Å²) in [6.07, 6.45) is 5.63. The highest BCUT2D eigenvalue weighted by atomic mass is 15.3. The maximum Gasteiger partial charge on any atom is 0.193 e. The minimum Gasteiger partial charge on any atom is -0.356 e. The molecule has 4 heteroatoms. The van der Waals surface area contributed by atoms with Gasteiger partial charge in [-0.15, -0.1) is 0 Å². The van der Waals surface area contributed by atoms with Gasteiger partial charge in [-0.05, 0) is 44.2 Å². The molecule has 0 radical (unpaired) electrons. The van der Waals surface area contributed by atoms with Gasteiger partial charge in [0.25, 0.3) is 0 Å². The Hall–Kier alpha value is -0.770. The van der Waals surface area contributed by atoms with Crippen molar-refractivity contribution in [1.82, 2.24) is 15.1 Å². The van der Waals surface area contributed by atoms with Gasteiger partial charge in [0.15, 0.2) is 5.96 Å². The third-order valence-electron chi connectivity index (χ3n) is 4.83. The normalized spacial score (nSPS) is 22.5. The van der Waals surface area contributed by atoms with Crippen molar-refractivity contribution in [2.75, 3.05) is 47.3 Å². The lowest BCUT2D eigenvalue weighted by Crippen LogP contribution is -2.47. The standard InChI is InChI=1S/C16H32N4/c1-15(2,12-19(4)5)11-18-14(17-3)20-10-9-16(13-20)7-6-8-16/h6-13H2,1-5H3,(H,17,18). The molecular formula is C16H32N4. The van der Waals surface area contributed by atoms with Crippen LogP contribution in [0.4, 0.5) is 0 Å². The first-order chi connectivity index (χ1) is 9.36. The molecule has 1 heterocycles. The van der Waals surface area contributed by atoms with Gasteiger partial charge in [0.1, 0.15) is 0 Å². The molecule has 0 aromatic carbocycles. The van der Waals surface area contributed by atoms with Gasteiger partial charge in [0.2, 0.25) is 0 Å². The van der Waals surface area contributed by atoms with Crippen LogP contribution < -0.4 is 5.32 Å². The zero-order chi connectivity index (χ0) is 14.8. The molecule has 0 aromatic heterocycles. The second-order valence-corrected chi connectivity index (χ2v) is 7.83. The fourth-order valence-corrected chi connectivity index (χ4v) is 3.76. The monoisotopic (exact) mass is 280 g/mol. The average Bonchev–Trinajstić information content (AvgIpc) is 2.73. The fourth-order valence-electron chi connectivity index (χ4n) is 3.76. The third-order valence-corrected chi connectivity index (χ3v) is 4.83. The maximum atomic E-state index is 4.49. The molecule has 2 aliphatic rings. The van der Waals surface area contributed by atoms with Crippen molar-refractivity contribution in [1.29, 1.82) is 0 Å². The van der Waals surface area contributed by atoms with E-state index >= 15 is 0 Å². The predicted octanol–water partition coefficient (Wildman–Crippen LogP) is 2.03. The van der Waals surface area contributed by atoms with Gasteiger partial charge in [-0.1, -0.05) is 20.3 Å². The zero-order valence-corrected chi connectivity index (χ0v) is 14.0. The van der Waals surface area contributed by atoms with Gasteiger partial charge in [0.05, 0.1) is 0 Å². The smallest absolute Gasteiger partial charge is 0.193 e. The Kier molecular flexibility index (Phi) is 4.62. The van der Waals surface area contributed by atoms with Crippen LogP contribution in [-0.2, 0) is 0 Å². The van der Waals surface area contributed by atoms with Crippen LogP contribution >= 0.6 is 0 Å². The molecule has 1 aliphatic heterocycles. The van der Waals surface area contributed by atoms with Crippen LogP contribution in [0.3, 0.4) is 0 Å². The van der Waals surface area contributed by atoms with Crippen LogP contribution in [0.5, 0.6) is 0 Å². The van der Waals surface area contributed by atoms with Crippen LogP contribution in [0.25, 0.3) is 0 Å². The van der Waals surface area contributed by atoms with E-state index < -0.39 is 0 Å². The molecule has 20 heavy (non-hydrogen) atoms. The number of nitrogens with zero attached hydrogens (tertiary/aromatic N) is 3. The van der Waals surface area contributed by atoms with Crippen molar-refractivity contribution in [2.45, 2.75) is 39.5 Å². The first-order valence-corrected chi connectivity index (χ1v) is 7.96. The van der Waals surface area contributed by atoms with Crippen LogP contribution in [0.2, 0.25) is 0 Å². The number of likely N-dealkylation sites (tertiary alicyclic amines) is 1. The maximum absolute atomic E-state index is 4.49. The summed E-state index contributed by atoms with van der Waals surface area (Å²) >= 11 is 0. The van der Waals surface area contributed by atoms with Crippen molar-refractivity contribution in [3.05, 3.63) is 0 Å². The minimum atomic E-state index is 0.257. The molecule has 1 N–H and O–H groups in total. The molecule has 0 amide bonds. The van der Waals surface area contributed by atoms with E-state index in [4.69, 9.17) is 0 Å². The highest BCUT2D eigenvalue weighted by Gasteiger charge is 2.43. The number of nitrogens with one attached hydrogen (secondary N) is 1. The van der Waals surface area contributed by atoms with E-state index in [2.05, 4.69) is 48.1 Å². The van der Waals surface area contributed by atoms with E-state index in [1.807, 2.05) is 7.05 Å². The Morgan fingerprint density at radius 3 is 2.45 bits per heavy atom. The molecule has 1 spiro atoms. The van der Waals surface area contributed by atoms with Crippen LogP contribution in [0.15, 0.2) is 4.99 Å². The van der Waals surface area contributed by atoms with Gasteiger partial charge in [-0.2, -0.15) is 0 Å². The molecule has 0 atom stereocenters. The van der Waals surface area contributed by atoms with E-state index in [1.54, 1.807) is 0 Å². The van der Waals surface area contributed by atoms with Crippen molar-refractivity contribution in [3.8, 4) is 0 Å². The van der Waals surface area contributed by atoms with E-state index in [0.29, 0.717) is 5.41 Å². The molecule has 1 aliphatic carbocycles. The summed E-state index contributed by atoms with van der Waals surface area (Å²) in [6.45, 7) is 9.06. The second-order valence-electron chi connectivity index (χ2n) is 7.83. The lowest BCUT2D eigenvalue weighted by Gasteiger charge is -2.38. The van der Waals surface area contributed by atoms with Crippen molar-refractivity contribution in [3.63, 3.8) is 0 Å². The topological polar surface area (TPSA) is 30.9 Å². The SMILES string of the molecule is CN=C(NCC(C)(C)CN(C)C)N1CCC2(CCC2)C1. The Morgan fingerprint density at radius 2 is 2.00 bits per heavy atom. The number of hydrogen-bond donors (Lipinski definition) is 1. The van der Waals surface area contributed by atoms with Crippen LogP contribution in [0.1, 0.15) is 39.5 Å². The minimum absolute atomic E-state index is 0.257.